The van der Waals surface area contributed by atoms with Gasteiger partial charge in [-0.3, -0.25) is 4.99 Å². The third-order valence-corrected chi connectivity index (χ3v) is 4.15. The van der Waals surface area contributed by atoms with Crippen LogP contribution >= 0.6 is 0 Å². The zero-order valence-electron chi connectivity index (χ0n) is 16.1. The minimum absolute atomic E-state index is 0.759. The third-order valence-electron chi connectivity index (χ3n) is 4.15. The van der Waals surface area contributed by atoms with Gasteiger partial charge in [0, 0.05) is 26.7 Å². The number of hydrogen-bond acceptors (Lipinski definition) is 2. The Bertz CT molecular complexity index is 702. The Hall–Kier alpha value is -2.33. The minimum Gasteiger partial charge on any atom is -0.352 e. The van der Waals surface area contributed by atoms with Crippen LogP contribution in [0.2, 0.25) is 0 Å². The van der Waals surface area contributed by atoms with Gasteiger partial charge in [0.2, 0.25) is 0 Å². The Labute approximate surface area is 152 Å². The van der Waals surface area contributed by atoms with Crippen LogP contribution in [0.1, 0.15) is 27.8 Å². The SMILES string of the molecule is CN=C(NCc1ccc(CN(C)C)cc1)NCc1ccc(C)cc1C. The second kappa shape index (κ2) is 9.23. The molecule has 0 aliphatic heterocycles. The first-order valence-electron chi connectivity index (χ1n) is 8.71. The second-order valence-corrected chi connectivity index (χ2v) is 6.76. The van der Waals surface area contributed by atoms with Crippen molar-refractivity contribution in [1.82, 2.24) is 15.5 Å². The smallest absolute Gasteiger partial charge is 0.191 e. The number of rotatable bonds is 6. The monoisotopic (exact) mass is 338 g/mol. The van der Waals surface area contributed by atoms with Gasteiger partial charge in [0.25, 0.3) is 0 Å². The molecule has 4 nitrogen and oxygen atoms in total. The molecule has 0 bridgehead atoms. The molecule has 0 spiro atoms. The molecule has 2 rings (SSSR count). The number of hydrogen-bond donors (Lipinski definition) is 2. The van der Waals surface area contributed by atoms with Crippen LogP contribution < -0.4 is 10.6 Å². The van der Waals surface area contributed by atoms with E-state index in [4.69, 9.17) is 0 Å². The lowest BCUT2D eigenvalue weighted by molar-refractivity contribution is 0.402. The summed E-state index contributed by atoms with van der Waals surface area (Å²) in [5.74, 6) is 0.817. The standard InChI is InChI=1S/C21H30N4/c1-16-6-11-20(17(2)12-16)14-24-21(22-3)23-13-18-7-9-19(10-8-18)15-25(4)5/h6-12H,13-15H2,1-5H3,(H2,22,23,24). The molecule has 0 unspecified atom stereocenters. The molecule has 0 aliphatic carbocycles. The van der Waals surface area contributed by atoms with Crippen molar-refractivity contribution in [3.8, 4) is 0 Å². The first-order chi connectivity index (χ1) is 12.0. The van der Waals surface area contributed by atoms with E-state index in [0.29, 0.717) is 0 Å². The van der Waals surface area contributed by atoms with Gasteiger partial charge in [-0.25, -0.2) is 0 Å². The van der Waals surface area contributed by atoms with Crippen molar-refractivity contribution in [2.45, 2.75) is 33.5 Å². The highest BCUT2D eigenvalue weighted by Gasteiger charge is 2.02. The lowest BCUT2D eigenvalue weighted by Gasteiger charge is -2.14. The van der Waals surface area contributed by atoms with Crippen molar-refractivity contribution in [2.75, 3.05) is 21.1 Å². The largest absolute Gasteiger partial charge is 0.352 e. The lowest BCUT2D eigenvalue weighted by Crippen LogP contribution is -2.36. The molecule has 4 heteroatoms. The van der Waals surface area contributed by atoms with Crippen LogP contribution in [0.4, 0.5) is 0 Å². The van der Waals surface area contributed by atoms with Crippen LogP contribution in [0, 0.1) is 13.8 Å². The number of aliphatic imine (C=N–C) groups is 1. The Morgan fingerprint density at radius 2 is 1.56 bits per heavy atom. The maximum absolute atomic E-state index is 4.31. The molecular weight excluding hydrogens is 308 g/mol. The number of nitrogens with zero attached hydrogens (tertiary/aromatic N) is 2. The van der Waals surface area contributed by atoms with Crippen molar-refractivity contribution in [1.29, 1.82) is 0 Å². The summed E-state index contributed by atoms with van der Waals surface area (Å²) in [4.78, 5) is 6.48. The van der Waals surface area contributed by atoms with Gasteiger partial charge in [-0.1, -0.05) is 48.0 Å². The van der Waals surface area contributed by atoms with E-state index in [0.717, 1.165) is 25.6 Å². The molecule has 0 radical (unpaired) electrons. The number of benzene rings is 2. The summed E-state index contributed by atoms with van der Waals surface area (Å²) in [6.07, 6.45) is 0. The molecule has 0 atom stereocenters. The summed E-state index contributed by atoms with van der Waals surface area (Å²) in [6, 6.07) is 15.2. The van der Waals surface area contributed by atoms with E-state index >= 15 is 0 Å². The molecule has 0 aromatic heterocycles. The minimum atomic E-state index is 0.759. The lowest BCUT2D eigenvalue weighted by atomic mass is 10.1. The molecule has 0 aliphatic rings. The summed E-state index contributed by atoms with van der Waals surface area (Å²) in [5, 5.41) is 6.76. The Balaban J connectivity index is 1.85. The van der Waals surface area contributed by atoms with Gasteiger partial charge in [0.1, 0.15) is 0 Å². The summed E-state index contributed by atoms with van der Waals surface area (Å²) in [7, 11) is 5.97. The molecule has 0 amide bonds. The van der Waals surface area contributed by atoms with Gasteiger partial charge in [0.05, 0.1) is 0 Å². The molecule has 134 valence electrons. The van der Waals surface area contributed by atoms with Crippen LogP contribution in [0.15, 0.2) is 47.5 Å². The van der Waals surface area contributed by atoms with E-state index in [1.54, 1.807) is 7.05 Å². The van der Waals surface area contributed by atoms with Crippen molar-refractivity contribution in [2.24, 2.45) is 4.99 Å². The molecule has 0 saturated carbocycles. The van der Waals surface area contributed by atoms with Gasteiger partial charge in [0.15, 0.2) is 5.96 Å². The van der Waals surface area contributed by atoms with Gasteiger partial charge in [-0.2, -0.15) is 0 Å². The van der Waals surface area contributed by atoms with Crippen LogP contribution in [-0.4, -0.2) is 32.0 Å². The maximum atomic E-state index is 4.31. The average Bonchev–Trinajstić information content (AvgIpc) is 2.57. The van der Waals surface area contributed by atoms with Crippen molar-refractivity contribution in [3.05, 3.63) is 70.3 Å². The zero-order chi connectivity index (χ0) is 18.2. The van der Waals surface area contributed by atoms with Crippen LogP contribution in [-0.2, 0) is 19.6 Å². The highest BCUT2D eigenvalue weighted by Crippen LogP contribution is 2.10. The molecule has 0 heterocycles. The van der Waals surface area contributed by atoms with Crippen molar-refractivity contribution in [3.63, 3.8) is 0 Å². The zero-order valence-corrected chi connectivity index (χ0v) is 16.1. The summed E-state index contributed by atoms with van der Waals surface area (Å²) in [6.45, 7) is 6.76. The molecule has 25 heavy (non-hydrogen) atoms. The highest BCUT2D eigenvalue weighted by molar-refractivity contribution is 5.79. The van der Waals surface area contributed by atoms with Crippen LogP contribution in [0.5, 0.6) is 0 Å². The molecule has 2 aromatic carbocycles. The quantitative estimate of drug-likeness (QED) is 0.627. The van der Waals surface area contributed by atoms with E-state index in [-0.39, 0.29) is 0 Å². The van der Waals surface area contributed by atoms with Crippen LogP contribution in [0.25, 0.3) is 0 Å². The molecule has 0 saturated heterocycles. The Kier molecular flexibility index (Phi) is 7.02. The normalized spacial score (nSPS) is 11.7. The highest BCUT2D eigenvalue weighted by atomic mass is 15.2. The number of aryl methyl sites for hydroxylation is 2. The molecular formula is C21H30N4. The van der Waals surface area contributed by atoms with Crippen LogP contribution in [0.3, 0.4) is 0 Å². The van der Waals surface area contributed by atoms with E-state index in [9.17, 15) is 0 Å². The fourth-order valence-electron chi connectivity index (χ4n) is 2.76. The predicted octanol–water partition coefficient (Wildman–Crippen LogP) is 3.23. The fourth-order valence-corrected chi connectivity index (χ4v) is 2.76. The first kappa shape index (κ1) is 19.0. The molecule has 2 N–H and O–H groups in total. The van der Waals surface area contributed by atoms with E-state index in [2.05, 4.69) is 90.9 Å². The van der Waals surface area contributed by atoms with Gasteiger partial charge in [-0.15, -0.1) is 0 Å². The maximum Gasteiger partial charge on any atom is 0.191 e. The first-order valence-corrected chi connectivity index (χ1v) is 8.71. The number of guanidine groups is 1. The molecule has 2 aromatic rings. The van der Waals surface area contributed by atoms with Gasteiger partial charge < -0.3 is 15.5 Å². The summed E-state index contributed by atoms with van der Waals surface area (Å²) >= 11 is 0. The third kappa shape index (κ3) is 6.24. The van der Waals surface area contributed by atoms with Gasteiger partial charge >= 0.3 is 0 Å². The van der Waals surface area contributed by atoms with Crippen molar-refractivity contribution < 1.29 is 0 Å². The Morgan fingerprint density at radius 3 is 2.16 bits per heavy atom. The van der Waals surface area contributed by atoms with Crippen molar-refractivity contribution >= 4 is 5.96 Å². The summed E-state index contributed by atoms with van der Waals surface area (Å²) in [5.41, 5.74) is 6.46. The molecule has 0 fully saturated rings. The number of nitrogens with one attached hydrogen (secondary N) is 2. The Morgan fingerprint density at radius 1 is 0.920 bits per heavy atom. The fraction of sp³-hybridized carbons (Fsp3) is 0.381. The van der Waals surface area contributed by atoms with Gasteiger partial charge in [-0.05, 0) is 50.2 Å². The van der Waals surface area contributed by atoms with E-state index in [1.807, 2.05) is 0 Å². The van der Waals surface area contributed by atoms with E-state index in [1.165, 1.54) is 27.8 Å². The topological polar surface area (TPSA) is 39.7 Å². The predicted molar refractivity (Wildman–Crippen MR) is 107 cm³/mol. The second-order valence-electron chi connectivity index (χ2n) is 6.76. The average molecular weight is 338 g/mol. The summed E-state index contributed by atoms with van der Waals surface area (Å²) < 4.78 is 0. The van der Waals surface area contributed by atoms with E-state index < -0.39 is 0 Å².